The van der Waals surface area contributed by atoms with Crippen molar-refractivity contribution in [2.24, 2.45) is 5.92 Å². The summed E-state index contributed by atoms with van der Waals surface area (Å²) in [6.07, 6.45) is 1.54. The number of carbonyl (C=O) groups excluding carboxylic acids is 2. The Morgan fingerprint density at radius 3 is 2.21 bits per heavy atom. The van der Waals surface area contributed by atoms with E-state index in [1.807, 2.05) is 31.2 Å². The SMILES string of the molecule is CCCC(C)(NC(=O)OCC1c2ccccc2-c2ccccc21)C(=O)NCCCC(C)C(=O)O. The maximum atomic E-state index is 12.9. The average molecular weight is 467 g/mol. The number of hydrogen-bond acceptors (Lipinski definition) is 4. The number of carboxylic acids is 1. The number of carboxylic acid groups (broad SMARTS) is 1. The summed E-state index contributed by atoms with van der Waals surface area (Å²) < 4.78 is 5.62. The fourth-order valence-corrected chi connectivity index (χ4v) is 4.52. The standard InChI is InChI=1S/C27H34N2O5/c1-4-15-27(3,25(32)28-16-9-10-18(2)24(30)31)29-26(33)34-17-23-21-13-7-5-11-19(21)20-12-6-8-14-22(20)23/h5-8,11-14,18,23H,4,9-10,15-17H2,1-3H3,(H,28,32)(H,29,33)(H,30,31). The molecule has 34 heavy (non-hydrogen) atoms. The number of fused-ring (bicyclic) bond motifs is 3. The highest BCUT2D eigenvalue weighted by Crippen LogP contribution is 2.44. The van der Waals surface area contributed by atoms with Gasteiger partial charge in [-0.1, -0.05) is 68.8 Å². The molecule has 0 fully saturated rings. The van der Waals surface area contributed by atoms with Gasteiger partial charge in [0.05, 0.1) is 5.92 Å². The zero-order valence-electron chi connectivity index (χ0n) is 20.1. The maximum Gasteiger partial charge on any atom is 0.408 e. The molecule has 182 valence electrons. The Labute approximate surface area is 200 Å². The van der Waals surface area contributed by atoms with E-state index in [0.717, 1.165) is 22.3 Å². The fourth-order valence-electron chi connectivity index (χ4n) is 4.52. The highest BCUT2D eigenvalue weighted by Gasteiger charge is 2.35. The van der Waals surface area contributed by atoms with Gasteiger partial charge >= 0.3 is 12.1 Å². The van der Waals surface area contributed by atoms with Gasteiger partial charge < -0.3 is 20.5 Å². The Kier molecular flexibility index (Phi) is 8.31. The Balaban J connectivity index is 1.58. The summed E-state index contributed by atoms with van der Waals surface area (Å²) >= 11 is 0. The van der Waals surface area contributed by atoms with E-state index in [-0.39, 0.29) is 18.4 Å². The molecule has 3 N–H and O–H groups in total. The molecule has 7 heteroatoms. The van der Waals surface area contributed by atoms with Crippen LogP contribution in [0.15, 0.2) is 48.5 Å². The molecule has 3 rings (SSSR count). The number of amides is 2. The van der Waals surface area contributed by atoms with E-state index in [1.54, 1.807) is 13.8 Å². The molecule has 0 saturated carbocycles. The lowest BCUT2D eigenvalue weighted by Crippen LogP contribution is -2.57. The number of hydrogen-bond donors (Lipinski definition) is 3. The van der Waals surface area contributed by atoms with E-state index in [2.05, 4.69) is 34.9 Å². The van der Waals surface area contributed by atoms with E-state index in [0.29, 0.717) is 32.2 Å². The van der Waals surface area contributed by atoms with Crippen LogP contribution in [-0.4, -0.2) is 41.8 Å². The van der Waals surface area contributed by atoms with Crippen LogP contribution >= 0.6 is 0 Å². The molecule has 0 spiro atoms. The number of nitrogens with one attached hydrogen (secondary N) is 2. The molecule has 2 aromatic carbocycles. The zero-order valence-corrected chi connectivity index (χ0v) is 20.1. The monoisotopic (exact) mass is 466 g/mol. The van der Waals surface area contributed by atoms with Crippen LogP contribution in [-0.2, 0) is 14.3 Å². The van der Waals surface area contributed by atoms with Crippen molar-refractivity contribution < 1.29 is 24.2 Å². The fraction of sp³-hybridized carbons (Fsp3) is 0.444. The number of carbonyl (C=O) groups is 3. The van der Waals surface area contributed by atoms with Gasteiger partial charge in [0.15, 0.2) is 0 Å². The lowest BCUT2D eigenvalue weighted by atomic mass is 9.95. The molecule has 7 nitrogen and oxygen atoms in total. The number of benzene rings is 2. The summed E-state index contributed by atoms with van der Waals surface area (Å²) in [5, 5.41) is 14.6. The van der Waals surface area contributed by atoms with Gasteiger partial charge in [-0.25, -0.2) is 4.79 Å². The van der Waals surface area contributed by atoms with Gasteiger partial charge in [0.25, 0.3) is 0 Å². The normalized spacial score (nSPS) is 14.9. The summed E-state index contributed by atoms with van der Waals surface area (Å²) in [4.78, 5) is 36.5. The van der Waals surface area contributed by atoms with E-state index >= 15 is 0 Å². The predicted molar refractivity (Wildman–Crippen MR) is 131 cm³/mol. The van der Waals surface area contributed by atoms with Gasteiger partial charge in [0.2, 0.25) is 5.91 Å². The highest BCUT2D eigenvalue weighted by atomic mass is 16.5. The highest BCUT2D eigenvalue weighted by molar-refractivity contribution is 5.89. The lowest BCUT2D eigenvalue weighted by molar-refractivity contribution is -0.141. The first-order valence-corrected chi connectivity index (χ1v) is 11.9. The Morgan fingerprint density at radius 1 is 1.06 bits per heavy atom. The van der Waals surface area contributed by atoms with Gasteiger partial charge in [0.1, 0.15) is 12.1 Å². The zero-order chi connectivity index (χ0) is 24.7. The maximum absolute atomic E-state index is 12.9. The average Bonchev–Trinajstić information content (AvgIpc) is 3.14. The van der Waals surface area contributed by atoms with Gasteiger partial charge in [-0.05, 0) is 48.4 Å². The first-order chi connectivity index (χ1) is 16.3. The second-order valence-electron chi connectivity index (χ2n) is 9.17. The third-order valence-corrected chi connectivity index (χ3v) is 6.49. The lowest BCUT2D eigenvalue weighted by Gasteiger charge is -2.29. The van der Waals surface area contributed by atoms with Crippen molar-refractivity contribution >= 4 is 18.0 Å². The Bertz CT molecular complexity index is 992. The summed E-state index contributed by atoms with van der Waals surface area (Å²) in [5.41, 5.74) is 3.44. The van der Waals surface area contributed by atoms with Crippen molar-refractivity contribution in [1.82, 2.24) is 10.6 Å². The van der Waals surface area contributed by atoms with Crippen LogP contribution in [0.25, 0.3) is 11.1 Å². The van der Waals surface area contributed by atoms with E-state index < -0.39 is 23.5 Å². The van der Waals surface area contributed by atoms with Crippen molar-refractivity contribution in [3.63, 3.8) is 0 Å². The van der Waals surface area contributed by atoms with E-state index in [1.165, 1.54) is 0 Å². The molecule has 2 unspecified atom stereocenters. The molecule has 0 heterocycles. The summed E-state index contributed by atoms with van der Waals surface area (Å²) in [6.45, 7) is 5.80. The molecule has 1 aliphatic rings. The Hall–Kier alpha value is -3.35. The third kappa shape index (κ3) is 5.76. The number of aliphatic carboxylic acids is 1. The van der Waals surface area contributed by atoms with Crippen LogP contribution in [0.1, 0.15) is 63.5 Å². The summed E-state index contributed by atoms with van der Waals surface area (Å²) in [5.74, 6) is -1.66. The topological polar surface area (TPSA) is 105 Å². The minimum Gasteiger partial charge on any atom is -0.481 e. The molecule has 1 aliphatic carbocycles. The van der Waals surface area contributed by atoms with Gasteiger partial charge in [-0.3, -0.25) is 9.59 Å². The van der Waals surface area contributed by atoms with Crippen LogP contribution in [0.3, 0.4) is 0 Å². The summed E-state index contributed by atoms with van der Waals surface area (Å²) in [7, 11) is 0. The van der Waals surface area contributed by atoms with Crippen LogP contribution in [0.2, 0.25) is 0 Å². The molecule has 0 aliphatic heterocycles. The number of ether oxygens (including phenoxy) is 1. The van der Waals surface area contributed by atoms with Crippen LogP contribution in [0.5, 0.6) is 0 Å². The minimum absolute atomic E-state index is 0.0550. The third-order valence-electron chi connectivity index (χ3n) is 6.49. The molecular formula is C27H34N2O5. The molecule has 2 aromatic rings. The van der Waals surface area contributed by atoms with Crippen LogP contribution in [0.4, 0.5) is 4.79 Å². The van der Waals surface area contributed by atoms with Crippen molar-refractivity contribution in [2.45, 2.75) is 57.9 Å². The summed E-state index contributed by atoms with van der Waals surface area (Å²) in [6, 6.07) is 16.2. The predicted octanol–water partition coefficient (Wildman–Crippen LogP) is 4.70. The molecule has 0 radical (unpaired) electrons. The first kappa shape index (κ1) is 25.3. The van der Waals surface area contributed by atoms with Gasteiger partial charge in [-0.2, -0.15) is 0 Å². The number of rotatable bonds is 11. The van der Waals surface area contributed by atoms with Crippen molar-refractivity contribution in [2.75, 3.05) is 13.2 Å². The molecule has 2 atom stereocenters. The van der Waals surface area contributed by atoms with E-state index in [4.69, 9.17) is 9.84 Å². The molecular weight excluding hydrogens is 432 g/mol. The first-order valence-electron chi connectivity index (χ1n) is 11.9. The van der Waals surface area contributed by atoms with Gasteiger partial charge in [0, 0.05) is 12.5 Å². The van der Waals surface area contributed by atoms with Crippen LogP contribution < -0.4 is 10.6 Å². The minimum atomic E-state index is -1.12. The second-order valence-corrected chi connectivity index (χ2v) is 9.17. The second kappa shape index (κ2) is 11.2. The molecule has 2 amide bonds. The molecule has 0 aromatic heterocycles. The van der Waals surface area contributed by atoms with Crippen molar-refractivity contribution in [3.05, 3.63) is 59.7 Å². The van der Waals surface area contributed by atoms with Crippen LogP contribution in [0, 0.1) is 5.92 Å². The molecule has 0 bridgehead atoms. The van der Waals surface area contributed by atoms with Gasteiger partial charge in [-0.15, -0.1) is 0 Å². The smallest absolute Gasteiger partial charge is 0.408 e. The number of alkyl carbamates (subject to hydrolysis) is 1. The van der Waals surface area contributed by atoms with Crippen molar-refractivity contribution in [3.8, 4) is 11.1 Å². The van der Waals surface area contributed by atoms with Crippen molar-refractivity contribution in [1.29, 1.82) is 0 Å². The van der Waals surface area contributed by atoms with E-state index in [9.17, 15) is 14.4 Å². The quantitative estimate of drug-likeness (QED) is 0.416. The Morgan fingerprint density at radius 2 is 1.65 bits per heavy atom. The molecule has 0 saturated heterocycles. The largest absolute Gasteiger partial charge is 0.481 e.